The SMILES string of the molecule is COC(=O)C1(NCCO)CCOCC1. The maximum absolute atomic E-state index is 11.6. The number of methoxy groups -OCH3 is 1. The van der Waals surface area contributed by atoms with E-state index in [-0.39, 0.29) is 12.6 Å². The molecule has 5 nitrogen and oxygen atoms in total. The average molecular weight is 203 g/mol. The number of ether oxygens (including phenoxy) is 2. The molecular weight excluding hydrogens is 186 g/mol. The Kier molecular flexibility index (Phi) is 4.31. The van der Waals surface area contributed by atoms with Crippen molar-refractivity contribution >= 4 is 5.97 Å². The van der Waals surface area contributed by atoms with Crippen LogP contribution in [-0.4, -0.2) is 50.1 Å². The van der Waals surface area contributed by atoms with Gasteiger partial charge < -0.3 is 14.6 Å². The molecule has 14 heavy (non-hydrogen) atoms. The zero-order valence-electron chi connectivity index (χ0n) is 8.41. The second-order valence-electron chi connectivity index (χ2n) is 3.34. The van der Waals surface area contributed by atoms with Gasteiger partial charge in [-0.25, -0.2) is 0 Å². The fourth-order valence-electron chi connectivity index (χ4n) is 1.66. The summed E-state index contributed by atoms with van der Waals surface area (Å²) in [6.45, 7) is 1.51. The topological polar surface area (TPSA) is 67.8 Å². The summed E-state index contributed by atoms with van der Waals surface area (Å²) >= 11 is 0. The molecule has 1 fully saturated rings. The first-order valence-electron chi connectivity index (χ1n) is 4.77. The number of β-amino-alcohol motifs (C(OH)–C–C–N with tert-alkyl or cyclic N) is 1. The summed E-state index contributed by atoms with van der Waals surface area (Å²) < 4.78 is 9.94. The number of hydrogen-bond donors (Lipinski definition) is 2. The van der Waals surface area contributed by atoms with E-state index in [1.165, 1.54) is 7.11 Å². The van der Waals surface area contributed by atoms with Crippen LogP contribution in [0, 0.1) is 0 Å². The largest absolute Gasteiger partial charge is 0.468 e. The monoisotopic (exact) mass is 203 g/mol. The van der Waals surface area contributed by atoms with Crippen molar-refractivity contribution in [1.29, 1.82) is 0 Å². The molecule has 0 aromatic carbocycles. The van der Waals surface area contributed by atoms with Gasteiger partial charge in [0.2, 0.25) is 0 Å². The quantitative estimate of drug-likeness (QED) is 0.591. The number of rotatable bonds is 4. The van der Waals surface area contributed by atoms with Gasteiger partial charge in [-0.1, -0.05) is 0 Å². The van der Waals surface area contributed by atoms with Crippen LogP contribution < -0.4 is 5.32 Å². The number of esters is 1. The predicted octanol–water partition coefficient (Wildman–Crippen LogP) is -0.709. The Balaban J connectivity index is 2.61. The van der Waals surface area contributed by atoms with Gasteiger partial charge in [-0.3, -0.25) is 10.1 Å². The van der Waals surface area contributed by atoms with Crippen LogP contribution in [0.4, 0.5) is 0 Å². The second-order valence-corrected chi connectivity index (χ2v) is 3.34. The Bertz CT molecular complexity index is 189. The van der Waals surface area contributed by atoms with E-state index < -0.39 is 5.54 Å². The highest BCUT2D eigenvalue weighted by Gasteiger charge is 2.40. The minimum absolute atomic E-state index is 0.0135. The van der Waals surface area contributed by atoms with E-state index in [2.05, 4.69) is 5.32 Å². The summed E-state index contributed by atoms with van der Waals surface area (Å²) in [6.07, 6.45) is 1.19. The van der Waals surface area contributed by atoms with Crippen LogP contribution in [0.25, 0.3) is 0 Å². The molecule has 1 aliphatic rings. The average Bonchev–Trinajstić information content (AvgIpc) is 2.26. The zero-order valence-corrected chi connectivity index (χ0v) is 8.41. The standard InChI is InChI=1S/C9H17NO4/c1-13-8(12)9(10-4-5-11)2-6-14-7-3-9/h10-11H,2-7H2,1H3. The third kappa shape index (κ3) is 2.43. The Labute approximate surface area is 83.4 Å². The van der Waals surface area contributed by atoms with Crippen molar-refractivity contribution < 1.29 is 19.4 Å². The molecule has 82 valence electrons. The van der Waals surface area contributed by atoms with Gasteiger partial charge in [0.15, 0.2) is 0 Å². The van der Waals surface area contributed by atoms with Crippen molar-refractivity contribution in [3.63, 3.8) is 0 Å². The highest BCUT2D eigenvalue weighted by atomic mass is 16.5. The summed E-state index contributed by atoms with van der Waals surface area (Å²) in [6, 6.07) is 0. The molecule has 0 aliphatic carbocycles. The molecule has 0 spiro atoms. The van der Waals surface area contributed by atoms with Crippen LogP contribution in [-0.2, 0) is 14.3 Å². The summed E-state index contributed by atoms with van der Waals surface area (Å²) in [4.78, 5) is 11.6. The smallest absolute Gasteiger partial charge is 0.326 e. The highest BCUT2D eigenvalue weighted by molar-refractivity contribution is 5.80. The Hall–Kier alpha value is -0.650. The third-order valence-electron chi connectivity index (χ3n) is 2.50. The predicted molar refractivity (Wildman–Crippen MR) is 49.9 cm³/mol. The number of nitrogens with one attached hydrogen (secondary N) is 1. The lowest BCUT2D eigenvalue weighted by Gasteiger charge is -2.35. The summed E-state index contributed by atoms with van der Waals surface area (Å²) in [5.74, 6) is -0.269. The molecule has 0 radical (unpaired) electrons. The van der Waals surface area contributed by atoms with Crippen LogP contribution >= 0.6 is 0 Å². The molecule has 0 bridgehead atoms. The fraction of sp³-hybridized carbons (Fsp3) is 0.889. The first-order valence-corrected chi connectivity index (χ1v) is 4.77. The van der Waals surface area contributed by atoms with Crippen molar-refractivity contribution in [2.45, 2.75) is 18.4 Å². The molecule has 0 saturated carbocycles. The van der Waals surface area contributed by atoms with Crippen molar-refractivity contribution in [2.75, 3.05) is 33.5 Å². The normalized spacial score (nSPS) is 20.4. The lowest BCUT2D eigenvalue weighted by atomic mass is 9.90. The molecule has 0 amide bonds. The van der Waals surface area contributed by atoms with E-state index in [4.69, 9.17) is 14.6 Å². The second kappa shape index (κ2) is 5.29. The van der Waals surface area contributed by atoms with Crippen LogP contribution in [0.5, 0.6) is 0 Å². The van der Waals surface area contributed by atoms with Crippen molar-refractivity contribution in [1.82, 2.24) is 5.32 Å². The van der Waals surface area contributed by atoms with Crippen molar-refractivity contribution in [3.05, 3.63) is 0 Å². The number of aliphatic hydroxyl groups is 1. The minimum atomic E-state index is -0.657. The fourth-order valence-corrected chi connectivity index (χ4v) is 1.66. The van der Waals surface area contributed by atoms with Crippen LogP contribution in [0.3, 0.4) is 0 Å². The van der Waals surface area contributed by atoms with E-state index in [9.17, 15) is 4.79 Å². The van der Waals surface area contributed by atoms with Crippen molar-refractivity contribution in [3.8, 4) is 0 Å². The van der Waals surface area contributed by atoms with E-state index in [1.807, 2.05) is 0 Å². The molecular formula is C9H17NO4. The maximum Gasteiger partial charge on any atom is 0.326 e. The van der Waals surface area contributed by atoms with E-state index >= 15 is 0 Å². The van der Waals surface area contributed by atoms with E-state index in [0.717, 1.165) is 0 Å². The molecule has 2 N–H and O–H groups in total. The Morgan fingerprint density at radius 3 is 2.71 bits per heavy atom. The van der Waals surface area contributed by atoms with Gasteiger partial charge in [0.1, 0.15) is 5.54 Å². The third-order valence-corrected chi connectivity index (χ3v) is 2.50. The number of carbonyl (C=O) groups is 1. The zero-order chi connectivity index (χ0) is 10.4. The van der Waals surface area contributed by atoms with Gasteiger partial charge in [0.05, 0.1) is 13.7 Å². The van der Waals surface area contributed by atoms with Crippen LogP contribution in [0.1, 0.15) is 12.8 Å². The summed E-state index contributed by atoms with van der Waals surface area (Å²) in [5.41, 5.74) is -0.657. The Morgan fingerprint density at radius 1 is 1.57 bits per heavy atom. The van der Waals surface area contributed by atoms with Gasteiger partial charge in [-0.05, 0) is 12.8 Å². The van der Waals surface area contributed by atoms with Gasteiger partial charge in [-0.2, -0.15) is 0 Å². The maximum atomic E-state index is 11.6. The lowest BCUT2D eigenvalue weighted by Crippen LogP contribution is -2.56. The minimum Gasteiger partial charge on any atom is -0.468 e. The van der Waals surface area contributed by atoms with E-state index in [0.29, 0.717) is 32.6 Å². The molecule has 0 aromatic heterocycles. The lowest BCUT2D eigenvalue weighted by molar-refractivity contribution is -0.153. The highest BCUT2D eigenvalue weighted by Crippen LogP contribution is 2.21. The van der Waals surface area contributed by atoms with Crippen LogP contribution in [0.2, 0.25) is 0 Å². The van der Waals surface area contributed by atoms with Gasteiger partial charge >= 0.3 is 5.97 Å². The number of aliphatic hydroxyl groups excluding tert-OH is 1. The van der Waals surface area contributed by atoms with E-state index in [1.54, 1.807) is 0 Å². The number of carbonyl (C=O) groups excluding carboxylic acids is 1. The molecule has 1 heterocycles. The molecule has 0 atom stereocenters. The molecule has 0 unspecified atom stereocenters. The van der Waals surface area contributed by atoms with Gasteiger partial charge in [0.25, 0.3) is 0 Å². The first kappa shape index (κ1) is 11.4. The first-order chi connectivity index (χ1) is 6.75. The van der Waals surface area contributed by atoms with Gasteiger partial charge in [0, 0.05) is 19.8 Å². The summed E-state index contributed by atoms with van der Waals surface area (Å²) in [7, 11) is 1.38. The molecule has 1 aliphatic heterocycles. The number of hydrogen-bond acceptors (Lipinski definition) is 5. The van der Waals surface area contributed by atoms with Crippen LogP contribution in [0.15, 0.2) is 0 Å². The Morgan fingerprint density at radius 2 is 2.21 bits per heavy atom. The van der Waals surface area contributed by atoms with Crippen molar-refractivity contribution in [2.24, 2.45) is 0 Å². The molecule has 1 saturated heterocycles. The molecule has 0 aromatic rings. The summed E-state index contributed by atoms with van der Waals surface area (Å²) in [5, 5.41) is 11.8. The molecule has 1 rings (SSSR count). The molecule has 5 heteroatoms. The van der Waals surface area contributed by atoms with Gasteiger partial charge in [-0.15, -0.1) is 0 Å².